The predicted octanol–water partition coefficient (Wildman–Crippen LogP) is 1.97. The Morgan fingerprint density at radius 1 is 0.645 bits per heavy atom. The van der Waals surface area contributed by atoms with Crippen LogP contribution in [0.25, 0.3) is 0 Å². The Labute approximate surface area is 190 Å². The smallest absolute Gasteiger partial charge is 0.337 e. The lowest BCUT2D eigenvalue weighted by Crippen LogP contribution is -3.00. The van der Waals surface area contributed by atoms with E-state index in [9.17, 15) is 4.79 Å². The van der Waals surface area contributed by atoms with Gasteiger partial charge in [-0.3, -0.25) is 0 Å². The summed E-state index contributed by atoms with van der Waals surface area (Å²) in [5, 5.41) is 4.04. The molecule has 4 aromatic rings. The van der Waals surface area contributed by atoms with Gasteiger partial charge in [0.1, 0.15) is 23.2 Å². The molecule has 31 heavy (non-hydrogen) atoms. The highest BCUT2D eigenvalue weighted by Crippen LogP contribution is 2.58. The van der Waals surface area contributed by atoms with Crippen molar-refractivity contribution in [3.63, 3.8) is 0 Å². The number of ether oxygens (including phenoxy) is 1. The number of halogens is 1. The first kappa shape index (κ1) is 22.7. The van der Waals surface area contributed by atoms with E-state index in [1.165, 1.54) is 28.6 Å². The minimum atomic E-state index is -1.94. The normalized spacial score (nSPS) is 10.7. The summed E-state index contributed by atoms with van der Waals surface area (Å²) in [5.74, 6) is -0.309. The number of hydrogen-bond donors (Lipinski definition) is 0. The van der Waals surface area contributed by atoms with Crippen LogP contribution in [-0.4, -0.2) is 13.1 Å². The molecule has 0 aliphatic rings. The van der Waals surface area contributed by atoms with E-state index < -0.39 is 7.26 Å². The second-order valence-electron chi connectivity index (χ2n) is 7.16. The van der Waals surface area contributed by atoms with Crippen molar-refractivity contribution in [2.75, 3.05) is 7.11 Å². The van der Waals surface area contributed by atoms with Gasteiger partial charge in [-0.1, -0.05) is 66.7 Å². The Morgan fingerprint density at radius 2 is 1.03 bits per heavy atom. The van der Waals surface area contributed by atoms with Crippen LogP contribution in [-0.2, 0) is 10.9 Å². The van der Waals surface area contributed by atoms with E-state index in [0.717, 1.165) is 6.16 Å². The molecule has 0 spiro atoms. The Bertz CT molecular complexity index is 1000. The predicted molar refractivity (Wildman–Crippen MR) is 127 cm³/mol. The van der Waals surface area contributed by atoms with Crippen LogP contribution in [0.3, 0.4) is 0 Å². The number of hydrogen-bond acceptors (Lipinski definition) is 2. The van der Waals surface area contributed by atoms with Crippen LogP contribution >= 0.6 is 7.26 Å². The highest BCUT2D eigenvalue weighted by molar-refractivity contribution is 7.95. The molecule has 0 bridgehead atoms. The third-order valence-electron chi connectivity index (χ3n) is 5.39. The van der Waals surface area contributed by atoms with Gasteiger partial charge in [-0.2, -0.15) is 0 Å². The van der Waals surface area contributed by atoms with E-state index in [4.69, 9.17) is 4.74 Å². The molecule has 0 N–H and O–H groups in total. The van der Waals surface area contributed by atoms with Gasteiger partial charge in [-0.05, 0) is 54.1 Å². The molecule has 0 aliphatic heterocycles. The van der Waals surface area contributed by atoms with Crippen molar-refractivity contribution >= 4 is 29.1 Å². The highest BCUT2D eigenvalue weighted by Gasteiger charge is 2.45. The van der Waals surface area contributed by atoms with E-state index in [1.807, 2.05) is 12.1 Å². The molecule has 0 saturated heterocycles. The summed E-state index contributed by atoms with van der Waals surface area (Å²) in [7, 11) is -0.527. The van der Waals surface area contributed by atoms with Crippen molar-refractivity contribution in [2.24, 2.45) is 0 Å². The zero-order chi connectivity index (χ0) is 20.8. The van der Waals surface area contributed by atoms with E-state index >= 15 is 0 Å². The fourth-order valence-corrected chi connectivity index (χ4v) is 8.15. The molecule has 0 heterocycles. The largest absolute Gasteiger partial charge is 1.00 e. The van der Waals surface area contributed by atoms with Gasteiger partial charge in [0.15, 0.2) is 0 Å². The SMILES string of the molecule is COC(=O)c1ccc(C[P+](c2ccccc2)(c2ccccc2)c2ccccc2)cc1.[Cl-]. The summed E-state index contributed by atoms with van der Waals surface area (Å²) in [6.07, 6.45) is 0.881. The van der Waals surface area contributed by atoms with Gasteiger partial charge in [0, 0.05) is 0 Å². The van der Waals surface area contributed by atoms with Gasteiger partial charge in [0.25, 0.3) is 0 Å². The maximum absolute atomic E-state index is 11.9. The molecule has 4 aromatic carbocycles. The molecule has 0 atom stereocenters. The van der Waals surface area contributed by atoms with E-state index in [2.05, 4.69) is 103 Å². The molecular weight excluding hydrogens is 423 g/mol. The van der Waals surface area contributed by atoms with Crippen molar-refractivity contribution < 1.29 is 21.9 Å². The molecule has 0 amide bonds. The van der Waals surface area contributed by atoms with Gasteiger partial charge in [0.2, 0.25) is 0 Å². The number of benzene rings is 4. The molecule has 0 saturated carbocycles. The maximum Gasteiger partial charge on any atom is 0.337 e. The standard InChI is InChI=1S/C27H24O2P.ClH/c1-29-27(28)23-19-17-22(18-20-23)21-30(24-11-5-2-6-12-24,25-13-7-3-8-14-25)26-15-9-4-10-16-26;/h2-20H,21H2,1H3;1H/q+1;/p-1. The van der Waals surface area contributed by atoms with Gasteiger partial charge in [0.05, 0.1) is 18.8 Å². The van der Waals surface area contributed by atoms with Crippen molar-refractivity contribution in [3.05, 3.63) is 126 Å². The fraction of sp³-hybridized carbons (Fsp3) is 0.0741. The summed E-state index contributed by atoms with van der Waals surface area (Å²) < 4.78 is 4.85. The minimum absolute atomic E-state index is 0. The molecule has 0 aliphatic carbocycles. The lowest BCUT2D eigenvalue weighted by Gasteiger charge is -2.27. The van der Waals surface area contributed by atoms with E-state index in [1.54, 1.807) is 0 Å². The van der Waals surface area contributed by atoms with Crippen LogP contribution < -0.4 is 28.3 Å². The van der Waals surface area contributed by atoms with Crippen LogP contribution in [0.1, 0.15) is 15.9 Å². The van der Waals surface area contributed by atoms with Crippen molar-refractivity contribution in [3.8, 4) is 0 Å². The second-order valence-corrected chi connectivity index (χ2v) is 10.6. The molecule has 4 rings (SSSR count). The van der Waals surface area contributed by atoms with Crippen LogP contribution in [0.2, 0.25) is 0 Å². The van der Waals surface area contributed by atoms with Crippen LogP contribution in [0.4, 0.5) is 0 Å². The number of esters is 1. The Kier molecular flexibility index (Phi) is 7.63. The van der Waals surface area contributed by atoms with Crippen LogP contribution in [0.5, 0.6) is 0 Å². The lowest BCUT2D eigenvalue weighted by molar-refractivity contribution is -0.0000204. The summed E-state index contributed by atoms with van der Waals surface area (Å²) >= 11 is 0. The molecule has 2 nitrogen and oxygen atoms in total. The Morgan fingerprint density at radius 3 is 1.39 bits per heavy atom. The van der Waals surface area contributed by atoms with Crippen LogP contribution in [0.15, 0.2) is 115 Å². The minimum Gasteiger partial charge on any atom is -1.00 e. The first-order chi connectivity index (χ1) is 14.7. The van der Waals surface area contributed by atoms with Gasteiger partial charge in [-0.15, -0.1) is 0 Å². The van der Waals surface area contributed by atoms with Gasteiger partial charge < -0.3 is 17.1 Å². The molecule has 0 unspecified atom stereocenters. The molecule has 0 radical (unpaired) electrons. The summed E-state index contributed by atoms with van der Waals surface area (Å²) in [4.78, 5) is 11.9. The van der Waals surface area contributed by atoms with Gasteiger partial charge >= 0.3 is 5.97 Å². The van der Waals surface area contributed by atoms with E-state index in [-0.39, 0.29) is 18.4 Å². The Balaban J connectivity index is 0.00000272. The third kappa shape index (κ3) is 4.71. The number of rotatable bonds is 6. The van der Waals surface area contributed by atoms with E-state index in [0.29, 0.717) is 5.56 Å². The summed E-state index contributed by atoms with van der Waals surface area (Å²) in [5.41, 5.74) is 1.77. The lowest BCUT2D eigenvalue weighted by atomic mass is 10.1. The average molecular weight is 447 g/mol. The number of carbonyl (C=O) groups is 1. The molecule has 4 heteroatoms. The van der Waals surface area contributed by atoms with Crippen molar-refractivity contribution in [1.29, 1.82) is 0 Å². The first-order valence-electron chi connectivity index (χ1n) is 9.96. The number of carbonyl (C=O) groups excluding carboxylic acids is 1. The Hall–Kier alpha value is -2.93. The molecule has 0 fully saturated rings. The monoisotopic (exact) mass is 446 g/mol. The van der Waals surface area contributed by atoms with Gasteiger partial charge in [-0.25, -0.2) is 4.79 Å². The first-order valence-corrected chi connectivity index (χ1v) is 11.9. The highest BCUT2D eigenvalue weighted by atomic mass is 35.5. The second kappa shape index (κ2) is 10.4. The van der Waals surface area contributed by atoms with Crippen molar-refractivity contribution in [2.45, 2.75) is 6.16 Å². The number of methoxy groups -OCH3 is 1. The molecular formula is C27H24ClO2P. The maximum atomic E-state index is 11.9. The topological polar surface area (TPSA) is 26.3 Å². The van der Waals surface area contributed by atoms with Crippen molar-refractivity contribution in [1.82, 2.24) is 0 Å². The summed E-state index contributed by atoms with van der Waals surface area (Å²) in [6, 6.07) is 40.2. The third-order valence-corrected chi connectivity index (χ3v) is 9.76. The zero-order valence-electron chi connectivity index (χ0n) is 17.3. The summed E-state index contributed by atoms with van der Waals surface area (Å²) in [6.45, 7) is 0. The quantitative estimate of drug-likeness (QED) is 0.334. The fourth-order valence-electron chi connectivity index (χ4n) is 3.91. The average Bonchev–Trinajstić information content (AvgIpc) is 2.84. The molecule has 0 aromatic heterocycles. The zero-order valence-corrected chi connectivity index (χ0v) is 19.0. The van der Waals surface area contributed by atoms with Crippen LogP contribution in [0, 0.1) is 0 Å². The molecule has 156 valence electrons.